The first-order valence-corrected chi connectivity index (χ1v) is 7.83. The molecule has 0 unspecified atom stereocenters. The highest BCUT2D eigenvalue weighted by atomic mass is 16.5. The lowest BCUT2D eigenvalue weighted by molar-refractivity contribution is 0.0937. The van der Waals surface area contributed by atoms with E-state index in [-0.39, 0.29) is 18.0 Å². The molecule has 1 aliphatic carbocycles. The van der Waals surface area contributed by atoms with Crippen LogP contribution < -0.4 is 15.8 Å². The van der Waals surface area contributed by atoms with Crippen LogP contribution in [0, 0.1) is 0 Å². The number of hydrogen-bond acceptors (Lipinski definition) is 4. The third-order valence-corrected chi connectivity index (χ3v) is 4.22. The number of pyridine rings is 1. The van der Waals surface area contributed by atoms with Crippen molar-refractivity contribution in [1.29, 1.82) is 0 Å². The maximum absolute atomic E-state index is 12.3. The zero-order valence-electron chi connectivity index (χ0n) is 13.2. The maximum atomic E-state index is 12.3. The number of rotatable bonds is 4. The zero-order valence-corrected chi connectivity index (χ0v) is 13.2. The van der Waals surface area contributed by atoms with E-state index >= 15 is 0 Å². The Morgan fingerprint density at radius 2 is 2.04 bits per heavy atom. The molecule has 0 saturated heterocycles. The molecule has 1 amide bonds. The van der Waals surface area contributed by atoms with Crippen LogP contribution in [0.1, 0.15) is 29.6 Å². The highest BCUT2D eigenvalue weighted by Crippen LogP contribution is 2.27. The van der Waals surface area contributed by atoms with Gasteiger partial charge >= 0.3 is 0 Å². The molecule has 1 heterocycles. The lowest BCUT2D eigenvalue weighted by Gasteiger charge is -2.13. The predicted molar refractivity (Wildman–Crippen MR) is 89.3 cm³/mol. The molecule has 1 aromatic carbocycles. The summed E-state index contributed by atoms with van der Waals surface area (Å²) >= 11 is 0. The first-order valence-electron chi connectivity index (χ1n) is 7.83. The zero-order chi connectivity index (χ0) is 16.2. The first-order chi connectivity index (χ1) is 11.2. The molecule has 2 aromatic rings. The Labute approximate surface area is 135 Å². The third kappa shape index (κ3) is 3.51. The molecule has 120 valence electrons. The predicted octanol–water partition coefficient (Wildman–Crippen LogP) is 2.37. The summed E-state index contributed by atoms with van der Waals surface area (Å²) in [5.74, 6) is 0.660. The molecular formula is C18H21N3O2. The van der Waals surface area contributed by atoms with Gasteiger partial charge in [-0.3, -0.25) is 9.78 Å². The SMILES string of the molecule is COc1cccnc1-c1ccc(C(=O)N[C@H]2CC[C@@H](N)C2)cc1. The van der Waals surface area contributed by atoms with Crippen LogP contribution in [0.25, 0.3) is 11.3 Å². The Morgan fingerprint density at radius 1 is 1.26 bits per heavy atom. The fourth-order valence-electron chi connectivity index (χ4n) is 2.97. The monoisotopic (exact) mass is 311 g/mol. The van der Waals surface area contributed by atoms with Crippen molar-refractivity contribution >= 4 is 5.91 Å². The third-order valence-electron chi connectivity index (χ3n) is 4.22. The van der Waals surface area contributed by atoms with E-state index in [0.29, 0.717) is 11.3 Å². The summed E-state index contributed by atoms with van der Waals surface area (Å²) in [6.07, 6.45) is 4.51. The van der Waals surface area contributed by atoms with Crippen molar-refractivity contribution in [2.75, 3.05) is 7.11 Å². The van der Waals surface area contributed by atoms with Crippen LogP contribution in [0.5, 0.6) is 5.75 Å². The van der Waals surface area contributed by atoms with Gasteiger partial charge in [-0.1, -0.05) is 12.1 Å². The average Bonchev–Trinajstić information content (AvgIpc) is 3.00. The molecule has 3 N–H and O–H groups in total. The summed E-state index contributed by atoms with van der Waals surface area (Å²) in [5, 5.41) is 3.05. The van der Waals surface area contributed by atoms with Gasteiger partial charge in [-0.15, -0.1) is 0 Å². The summed E-state index contributed by atoms with van der Waals surface area (Å²) in [6.45, 7) is 0. The van der Waals surface area contributed by atoms with Crippen molar-refractivity contribution in [1.82, 2.24) is 10.3 Å². The molecule has 0 spiro atoms. The molecule has 1 fully saturated rings. The Hall–Kier alpha value is -2.40. The van der Waals surface area contributed by atoms with Gasteiger partial charge in [0.05, 0.1) is 7.11 Å². The van der Waals surface area contributed by atoms with Gasteiger partial charge in [0.2, 0.25) is 0 Å². The molecule has 1 aromatic heterocycles. The van der Waals surface area contributed by atoms with E-state index in [4.69, 9.17) is 10.5 Å². The summed E-state index contributed by atoms with van der Waals surface area (Å²) < 4.78 is 5.32. The molecule has 1 saturated carbocycles. The number of methoxy groups -OCH3 is 1. The van der Waals surface area contributed by atoms with Gasteiger partial charge in [-0.2, -0.15) is 0 Å². The molecule has 1 aliphatic rings. The van der Waals surface area contributed by atoms with E-state index in [1.54, 1.807) is 13.3 Å². The normalized spacial score (nSPS) is 20.3. The molecular weight excluding hydrogens is 290 g/mol. The van der Waals surface area contributed by atoms with E-state index in [2.05, 4.69) is 10.3 Å². The summed E-state index contributed by atoms with van der Waals surface area (Å²) in [4.78, 5) is 16.6. The van der Waals surface area contributed by atoms with Gasteiger partial charge in [0.1, 0.15) is 11.4 Å². The molecule has 0 radical (unpaired) electrons. The van der Waals surface area contributed by atoms with Crippen molar-refractivity contribution in [3.63, 3.8) is 0 Å². The van der Waals surface area contributed by atoms with Crippen molar-refractivity contribution < 1.29 is 9.53 Å². The largest absolute Gasteiger partial charge is 0.494 e. The second-order valence-electron chi connectivity index (χ2n) is 5.88. The topological polar surface area (TPSA) is 77.2 Å². The highest BCUT2D eigenvalue weighted by molar-refractivity contribution is 5.94. The lowest BCUT2D eigenvalue weighted by atomic mass is 10.1. The average molecular weight is 311 g/mol. The highest BCUT2D eigenvalue weighted by Gasteiger charge is 2.23. The number of carbonyl (C=O) groups excluding carboxylic acids is 1. The van der Waals surface area contributed by atoms with E-state index in [1.165, 1.54) is 0 Å². The Balaban J connectivity index is 1.73. The van der Waals surface area contributed by atoms with Crippen LogP contribution in [-0.4, -0.2) is 30.1 Å². The van der Waals surface area contributed by atoms with Crippen LogP contribution >= 0.6 is 0 Å². The van der Waals surface area contributed by atoms with Gasteiger partial charge in [-0.05, 0) is 43.5 Å². The van der Waals surface area contributed by atoms with Crippen LogP contribution in [0.3, 0.4) is 0 Å². The van der Waals surface area contributed by atoms with Crippen molar-refractivity contribution in [3.8, 4) is 17.0 Å². The first kappa shape index (κ1) is 15.5. The number of ether oxygens (including phenoxy) is 1. The number of nitrogens with one attached hydrogen (secondary N) is 1. The number of nitrogens with two attached hydrogens (primary N) is 1. The second-order valence-corrected chi connectivity index (χ2v) is 5.88. The molecule has 0 aliphatic heterocycles. The number of aromatic nitrogens is 1. The van der Waals surface area contributed by atoms with Crippen LogP contribution in [0.2, 0.25) is 0 Å². The van der Waals surface area contributed by atoms with Gasteiger partial charge in [0.25, 0.3) is 5.91 Å². The van der Waals surface area contributed by atoms with Crippen LogP contribution in [0.4, 0.5) is 0 Å². The lowest BCUT2D eigenvalue weighted by Crippen LogP contribution is -2.33. The number of benzene rings is 1. The molecule has 23 heavy (non-hydrogen) atoms. The number of amides is 1. The Kier molecular flexibility index (Phi) is 4.57. The Bertz CT molecular complexity index is 685. The van der Waals surface area contributed by atoms with Crippen molar-refractivity contribution in [2.24, 2.45) is 5.73 Å². The number of carbonyl (C=O) groups is 1. The van der Waals surface area contributed by atoms with E-state index in [0.717, 1.165) is 30.5 Å². The molecule has 5 nitrogen and oxygen atoms in total. The smallest absolute Gasteiger partial charge is 0.251 e. The fraction of sp³-hybridized carbons (Fsp3) is 0.333. The molecule has 3 rings (SSSR count). The fourth-order valence-corrected chi connectivity index (χ4v) is 2.97. The minimum Gasteiger partial charge on any atom is -0.494 e. The number of hydrogen-bond donors (Lipinski definition) is 2. The molecule has 0 bridgehead atoms. The molecule has 5 heteroatoms. The summed E-state index contributed by atoms with van der Waals surface area (Å²) in [7, 11) is 1.62. The van der Waals surface area contributed by atoms with Crippen LogP contribution in [-0.2, 0) is 0 Å². The van der Waals surface area contributed by atoms with E-state index in [9.17, 15) is 4.79 Å². The minimum absolute atomic E-state index is 0.0522. The minimum atomic E-state index is -0.0522. The van der Waals surface area contributed by atoms with Gasteiger partial charge in [-0.25, -0.2) is 0 Å². The van der Waals surface area contributed by atoms with Crippen molar-refractivity contribution in [3.05, 3.63) is 48.2 Å². The van der Waals surface area contributed by atoms with E-state index < -0.39 is 0 Å². The maximum Gasteiger partial charge on any atom is 0.251 e. The molecule has 2 atom stereocenters. The van der Waals surface area contributed by atoms with Gasteiger partial charge < -0.3 is 15.8 Å². The summed E-state index contributed by atoms with van der Waals surface area (Å²) in [5.41, 5.74) is 8.21. The van der Waals surface area contributed by atoms with E-state index in [1.807, 2.05) is 36.4 Å². The Morgan fingerprint density at radius 3 is 2.70 bits per heavy atom. The van der Waals surface area contributed by atoms with Crippen LogP contribution in [0.15, 0.2) is 42.6 Å². The summed E-state index contributed by atoms with van der Waals surface area (Å²) in [6, 6.07) is 11.5. The van der Waals surface area contributed by atoms with Gasteiger partial charge in [0, 0.05) is 29.4 Å². The van der Waals surface area contributed by atoms with Gasteiger partial charge in [0.15, 0.2) is 0 Å². The standard InChI is InChI=1S/C18H21N3O2/c1-23-16-3-2-10-20-17(16)12-4-6-13(7-5-12)18(22)21-15-9-8-14(19)11-15/h2-7,10,14-15H,8-9,11,19H2,1H3,(H,21,22)/t14-,15+/m1/s1. The second kappa shape index (κ2) is 6.79. The number of nitrogens with zero attached hydrogens (tertiary/aromatic N) is 1. The van der Waals surface area contributed by atoms with Crippen molar-refractivity contribution in [2.45, 2.75) is 31.3 Å². The quantitative estimate of drug-likeness (QED) is 0.909.